The second-order valence-corrected chi connectivity index (χ2v) is 43.0. The first-order valence-corrected chi connectivity index (χ1v) is 44.3. The summed E-state index contributed by atoms with van der Waals surface area (Å²) >= 11 is 13.4. The summed E-state index contributed by atoms with van der Waals surface area (Å²) in [5.74, 6) is -37.1. The van der Waals surface area contributed by atoms with Crippen LogP contribution in [-0.2, 0) is 32.5 Å². The number of alkyl halides is 12. The van der Waals surface area contributed by atoms with Crippen molar-refractivity contribution >= 4 is 123 Å². The van der Waals surface area contributed by atoms with Crippen molar-refractivity contribution in [2.75, 3.05) is 28.4 Å². The number of unbranched alkanes of at least 4 members (excludes halogenated alkanes) is 1. The van der Waals surface area contributed by atoms with Crippen LogP contribution in [0.1, 0.15) is 199 Å². The van der Waals surface area contributed by atoms with Crippen molar-refractivity contribution in [2.45, 2.75) is 220 Å². The quantitative estimate of drug-likeness (QED) is 0.0614. The van der Waals surface area contributed by atoms with Crippen molar-refractivity contribution in [2.24, 2.45) is 0 Å². The molecule has 6 nitrogen and oxygen atoms in total. The van der Waals surface area contributed by atoms with E-state index in [1.54, 1.807) is 42.5 Å². The molecule has 2 aliphatic rings. The molecule has 0 atom stereocenters. The molecule has 0 aliphatic heterocycles. The van der Waals surface area contributed by atoms with Gasteiger partial charge in [-0.25, -0.2) is 4.39 Å². The van der Waals surface area contributed by atoms with Crippen LogP contribution >= 0.6 is 84.0 Å². The Morgan fingerprint density at radius 3 is 1.00 bits per heavy atom. The minimum absolute atomic E-state index is 0. The number of rotatable bonds is 14. The molecule has 0 unspecified atom stereocenters. The normalized spacial score (nSPS) is 16.0. The van der Waals surface area contributed by atoms with Gasteiger partial charge in [0.05, 0.1) is 43.8 Å². The first-order valence-electron chi connectivity index (χ1n) is 38.6. The molecule has 14 rings (SSSR count). The Morgan fingerprint density at radius 1 is 0.369 bits per heavy atom. The van der Waals surface area contributed by atoms with Gasteiger partial charge in [-0.15, -0.1) is 68.0 Å². The number of fused-ring (bicyclic) bond motifs is 2. The van der Waals surface area contributed by atoms with E-state index in [4.69, 9.17) is 27.8 Å². The molecule has 0 N–H and O–H groups in total. The number of ether oxygens (including phenoxy) is 4. The Bertz CT molecular complexity index is 5820. The van der Waals surface area contributed by atoms with Gasteiger partial charge in [0.15, 0.2) is 28.8 Å². The number of hydrogen-bond acceptors (Lipinski definition) is 12. The average Bonchev–Trinajstić information content (AvgIpc) is 1.52. The largest absolute Gasteiger partial charge is 1.00 e. The first kappa shape index (κ1) is 98.8. The number of allylic oxidation sites excluding steroid dienone is 4. The summed E-state index contributed by atoms with van der Waals surface area (Å²) in [4.78, 5) is 12.1. The van der Waals surface area contributed by atoms with Crippen LogP contribution in [0.5, 0.6) is 23.0 Å². The molecule has 4 aromatic carbocycles. The molecule has 652 valence electrons. The third-order valence-corrected chi connectivity index (χ3v) is 30.5. The third kappa shape index (κ3) is 18.3. The third-order valence-electron chi connectivity index (χ3n) is 20.5. The van der Waals surface area contributed by atoms with Gasteiger partial charge in [0.1, 0.15) is 22.7 Å². The Kier molecular flexibility index (Phi) is 28.6. The van der Waals surface area contributed by atoms with E-state index >= 15 is 26.3 Å². The number of methoxy groups -OCH3 is 4. The van der Waals surface area contributed by atoms with Gasteiger partial charge in [-0.1, -0.05) is 194 Å². The van der Waals surface area contributed by atoms with Crippen LogP contribution in [0.25, 0.3) is 100 Å². The molecule has 12 aromatic rings. The van der Waals surface area contributed by atoms with Gasteiger partial charge >= 0.3 is 54.4 Å². The second kappa shape index (κ2) is 35.3. The second-order valence-electron chi connectivity index (χ2n) is 35.7. The van der Waals surface area contributed by atoms with Crippen LogP contribution in [-0.4, -0.2) is 64.0 Å². The molecule has 0 spiro atoms. The molecule has 0 amide bonds. The van der Waals surface area contributed by atoms with Crippen LogP contribution in [0, 0.1) is 6.92 Å². The van der Waals surface area contributed by atoms with E-state index in [2.05, 4.69) is 102 Å². The Morgan fingerprint density at radius 2 is 0.672 bits per heavy atom. The number of furan rings is 2. The Hall–Kier alpha value is -6.99. The van der Waals surface area contributed by atoms with E-state index in [0.29, 0.717) is 14.6 Å². The molecule has 0 saturated carbocycles. The van der Waals surface area contributed by atoms with Gasteiger partial charge in [0.2, 0.25) is 0 Å². The number of thiophene rings is 6. The summed E-state index contributed by atoms with van der Waals surface area (Å²) in [6.07, 6.45) is 2.28. The molecule has 0 bridgehead atoms. The molecule has 0 radical (unpaired) electrons. The zero-order valence-corrected chi connectivity index (χ0v) is 78.5. The predicted octanol–water partition coefficient (Wildman–Crippen LogP) is 31.2. The van der Waals surface area contributed by atoms with Crippen LogP contribution in [0.15, 0.2) is 153 Å². The fourth-order valence-electron chi connectivity index (χ4n) is 13.5. The van der Waals surface area contributed by atoms with Crippen molar-refractivity contribution in [3.63, 3.8) is 0 Å². The molecule has 0 saturated heterocycles. The van der Waals surface area contributed by atoms with Crippen LogP contribution in [0.4, 0.5) is 57.1 Å². The topological polar surface area (TPSA) is 63.2 Å². The molecule has 8 aromatic heterocycles. The van der Waals surface area contributed by atoms with Gasteiger partial charge in [-0.05, 0) is 132 Å². The van der Waals surface area contributed by atoms with Gasteiger partial charge in [0, 0.05) is 115 Å². The summed E-state index contributed by atoms with van der Waals surface area (Å²) in [7, 11) is 5.21. The fraction of sp³-hybridized carbons (Fsp3) is 0.400. The van der Waals surface area contributed by atoms with E-state index in [1.807, 2.05) is 135 Å². The maximum Gasteiger partial charge on any atom is 1.00 e. The van der Waals surface area contributed by atoms with Gasteiger partial charge < -0.3 is 34.7 Å². The smallest absolute Gasteiger partial charge is 0.493 e. The van der Waals surface area contributed by atoms with Crippen molar-refractivity contribution in [3.8, 4) is 84.7 Å². The van der Waals surface area contributed by atoms with Crippen molar-refractivity contribution in [1.29, 1.82) is 0 Å². The summed E-state index contributed by atoms with van der Waals surface area (Å²) in [5, 5.41) is -0.435. The maximum absolute atomic E-state index is 16.9. The zero-order valence-electron chi connectivity index (χ0n) is 72.0. The minimum atomic E-state index is -5.99. The summed E-state index contributed by atoms with van der Waals surface area (Å²) in [6, 6.07) is 38.1. The number of benzene rings is 4. The van der Waals surface area contributed by atoms with E-state index in [-0.39, 0.29) is 131 Å². The Balaban J connectivity index is 0.000000221. The summed E-state index contributed by atoms with van der Waals surface area (Å²) in [6.45, 7) is 43.3. The molecule has 122 heavy (non-hydrogen) atoms. The molecular weight excluding hydrogens is 1760 g/mol. The summed E-state index contributed by atoms with van der Waals surface area (Å²) < 4.78 is 235. The van der Waals surface area contributed by atoms with Gasteiger partial charge in [-0.3, -0.25) is 0 Å². The monoisotopic (exact) mass is 1860 g/mol. The SMILES string of the molecule is C.CC(C)(C)c1ccc(-c2cc(Br)c(-c3ccc(C(C)(C)C)s3)s2)s1.COc1cc2oc(-c3ccc(C(C)(C)C)cc3)c(C3=C(F)C(F)(F)C(F)(F)C3(F)F)c2cc1OC.COc1cc2oc(-c3ccc(C(C)(C)C)cc3)c(C3=C(c4cc(-c5ccc(C(C)(C)C)s5)sc4-c4ccc(C(C)(C)C)s4)C(F)(F)C(F)(F)C3(F)F)c2cc1OC.[CH2-]CCC.[Li+]. The minimum Gasteiger partial charge on any atom is -0.493 e. The molecule has 2 aliphatic carbocycles. The fourth-order valence-corrected chi connectivity index (χ4v) is 21.3. The van der Waals surface area contributed by atoms with Crippen molar-refractivity contribution < 1.29 is 104 Å². The standard InChI is InChI=1S/C45H44F6O3S3.C25H21F7O3.C20H23BrS3.C4H9.CH4.Li/c1-40(2,3)24-14-12-23(13-15-24)38-35(25-20-28(52-10)29(53-11)22-27(25)54-38)37-36(43(46,47)45(50,51)44(37,48)49)26-21-32(30-16-18-33(55-30)41(4,5)6)57-39(26)31-17-19-34(56-31)42(7,8)9;1-22(2,3)13-8-6-12(7-9-13)20-18(14-10-16(33-4)17(34-5)11-15(14)35-20)19-21(26)24(29,30)25(31,32)23(19,27)28;1-19(2,3)16-9-7-13(22-16)15-11-12(21)18(24-15)14-8-10-17(23-14)20(4,5)6;1-3-4-2;;/h12-22H,1-11H3;6-11H,1-5H3;7-11H,1-6H3;1,3-4H2,2H3;1H4;/q;;;-1;;+1. The number of halogens is 14. The maximum atomic E-state index is 16.9. The van der Waals surface area contributed by atoms with Gasteiger partial charge in [-0.2, -0.15) is 59.1 Å². The zero-order chi connectivity index (χ0) is 89.1. The average molecular weight is 1870 g/mol. The summed E-state index contributed by atoms with van der Waals surface area (Å²) in [5.41, 5.74) is -5.78. The predicted molar refractivity (Wildman–Crippen MR) is 483 cm³/mol. The number of hydrogen-bond donors (Lipinski definition) is 0. The van der Waals surface area contributed by atoms with E-state index in [9.17, 15) is 30.7 Å². The van der Waals surface area contributed by atoms with Gasteiger partial charge in [0.25, 0.3) is 0 Å². The van der Waals surface area contributed by atoms with Crippen LogP contribution < -0.4 is 37.8 Å². The van der Waals surface area contributed by atoms with E-state index < -0.39 is 75.0 Å². The Labute approximate surface area is 751 Å². The molecule has 8 heterocycles. The molecule has 27 heteroatoms. The molecular formula is C95H101BrF13LiO6S6. The van der Waals surface area contributed by atoms with Crippen LogP contribution in [0.3, 0.4) is 0 Å². The van der Waals surface area contributed by atoms with E-state index in [1.165, 1.54) is 128 Å². The molecule has 0 fully saturated rings. The van der Waals surface area contributed by atoms with Crippen LogP contribution in [0.2, 0.25) is 0 Å². The first-order chi connectivity index (χ1) is 55.4. The van der Waals surface area contributed by atoms with Crippen molar-refractivity contribution in [3.05, 3.63) is 198 Å². The van der Waals surface area contributed by atoms with Crippen molar-refractivity contribution in [1.82, 2.24) is 0 Å². The van der Waals surface area contributed by atoms with E-state index in [0.717, 1.165) is 44.7 Å².